The smallest absolute Gasteiger partial charge is 0.230 e. The molecule has 1 fully saturated rings. The van der Waals surface area contributed by atoms with Crippen LogP contribution in [0.5, 0.6) is 0 Å². The highest BCUT2D eigenvalue weighted by molar-refractivity contribution is 7.99. The lowest BCUT2D eigenvalue weighted by molar-refractivity contribution is -0.119. The normalized spacial score (nSPS) is 15.0. The Morgan fingerprint density at radius 1 is 1.07 bits per heavy atom. The van der Waals surface area contributed by atoms with E-state index in [1.165, 1.54) is 23.7 Å². The van der Waals surface area contributed by atoms with Crippen LogP contribution in [0, 0.1) is 0 Å². The molecule has 0 radical (unpaired) electrons. The molecule has 0 atom stereocenters. The van der Waals surface area contributed by atoms with Crippen molar-refractivity contribution in [3.05, 3.63) is 66.2 Å². The van der Waals surface area contributed by atoms with Crippen molar-refractivity contribution in [2.24, 2.45) is 7.05 Å². The first-order valence-electron chi connectivity index (χ1n) is 9.58. The Bertz CT molecular complexity index is 936. The lowest BCUT2D eigenvalue weighted by Gasteiger charge is -2.42. The second-order valence-corrected chi connectivity index (χ2v) is 8.24. The zero-order valence-corrected chi connectivity index (χ0v) is 16.8. The summed E-state index contributed by atoms with van der Waals surface area (Å²) < 4.78 is 1.94. The predicted molar refractivity (Wildman–Crippen MR) is 112 cm³/mol. The molecule has 3 aromatic rings. The number of nitrogens with one attached hydrogen (secondary N) is 1. The van der Waals surface area contributed by atoms with Gasteiger partial charge in [0.05, 0.1) is 5.75 Å². The Balaban J connectivity index is 1.34. The Morgan fingerprint density at radius 3 is 2.39 bits per heavy atom. The highest BCUT2D eigenvalue weighted by Crippen LogP contribution is 2.43. The average molecular weight is 393 g/mol. The van der Waals surface area contributed by atoms with Gasteiger partial charge >= 0.3 is 0 Å². The standard InChI is InChI=1S/C22H24N4OS/c1-26-20(17-9-4-2-5-10-17)24-25-21(26)28-15-19(27)23-16-22(13-8-14-22)18-11-6-3-7-12-18/h2-7,9-12H,8,13-16H2,1H3,(H,23,27). The van der Waals surface area contributed by atoms with Crippen molar-refractivity contribution in [1.82, 2.24) is 20.1 Å². The van der Waals surface area contributed by atoms with E-state index in [1.54, 1.807) is 0 Å². The van der Waals surface area contributed by atoms with Gasteiger partial charge in [-0.1, -0.05) is 78.8 Å². The first-order chi connectivity index (χ1) is 13.7. The first kappa shape index (κ1) is 18.7. The molecule has 1 N–H and O–H groups in total. The first-order valence-corrected chi connectivity index (χ1v) is 10.6. The van der Waals surface area contributed by atoms with E-state index in [4.69, 9.17) is 0 Å². The summed E-state index contributed by atoms with van der Waals surface area (Å²) in [6.45, 7) is 0.699. The number of carbonyl (C=O) groups is 1. The number of benzene rings is 2. The maximum absolute atomic E-state index is 12.4. The zero-order valence-electron chi connectivity index (χ0n) is 16.0. The van der Waals surface area contributed by atoms with Crippen LogP contribution in [0.2, 0.25) is 0 Å². The molecule has 6 heteroatoms. The summed E-state index contributed by atoms with van der Waals surface area (Å²) in [5.74, 6) is 1.18. The van der Waals surface area contributed by atoms with Crippen molar-refractivity contribution < 1.29 is 4.79 Å². The number of hydrogen-bond acceptors (Lipinski definition) is 4. The molecular formula is C22H24N4OS. The minimum Gasteiger partial charge on any atom is -0.354 e. The summed E-state index contributed by atoms with van der Waals surface area (Å²) in [5, 5.41) is 12.4. The van der Waals surface area contributed by atoms with Gasteiger partial charge in [0, 0.05) is 24.6 Å². The SMILES string of the molecule is Cn1c(SCC(=O)NCC2(c3ccccc3)CCC2)nnc1-c1ccccc1. The second-order valence-electron chi connectivity index (χ2n) is 7.30. The fourth-order valence-electron chi connectivity index (χ4n) is 3.69. The fraction of sp³-hybridized carbons (Fsp3) is 0.318. The van der Waals surface area contributed by atoms with E-state index in [2.05, 4.69) is 39.8 Å². The summed E-state index contributed by atoms with van der Waals surface area (Å²) in [5.41, 5.74) is 2.45. The van der Waals surface area contributed by atoms with Crippen molar-refractivity contribution in [3.63, 3.8) is 0 Å². The largest absolute Gasteiger partial charge is 0.354 e. The van der Waals surface area contributed by atoms with E-state index in [9.17, 15) is 4.79 Å². The van der Waals surface area contributed by atoms with Crippen LogP contribution >= 0.6 is 11.8 Å². The van der Waals surface area contributed by atoms with Crippen molar-refractivity contribution in [1.29, 1.82) is 0 Å². The maximum atomic E-state index is 12.4. The summed E-state index contributed by atoms with van der Waals surface area (Å²) in [6.07, 6.45) is 3.49. The third kappa shape index (κ3) is 3.83. The Labute approximate surface area is 169 Å². The lowest BCUT2D eigenvalue weighted by Crippen LogP contribution is -2.46. The molecule has 144 valence electrons. The molecule has 1 amide bonds. The number of rotatable bonds is 7. The van der Waals surface area contributed by atoms with Gasteiger partial charge in [0.25, 0.3) is 0 Å². The third-order valence-electron chi connectivity index (χ3n) is 5.52. The number of thioether (sulfide) groups is 1. The Morgan fingerprint density at radius 2 is 1.75 bits per heavy atom. The summed E-state index contributed by atoms with van der Waals surface area (Å²) >= 11 is 1.42. The van der Waals surface area contributed by atoms with Crippen LogP contribution in [0.25, 0.3) is 11.4 Å². The molecule has 1 saturated carbocycles. The maximum Gasteiger partial charge on any atom is 0.230 e. The quantitative estimate of drug-likeness (QED) is 0.621. The van der Waals surface area contributed by atoms with Gasteiger partial charge in [-0.25, -0.2) is 0 Å². The molecule has 0 spiro atoms. The number of amides is 1. The molecule has 28 heavy (non-hydrogen) atoms. The Hall–Kier alpha value is -2.60. The molecule has 1 aliphatic carbocycles. The van der Waals surface area contributed by atoms with Crippen LogP contribution in [0.3, 0.4) is 0 Å². The topological polar surface area (TPSA) is 59.8 Å². The van der Waals surface area contributed by atoms with Crippen molar-refractivity contribution >= 4 is 17.7 Å². The van der Waals surface area contributed by atoms with Gasteiger partial charge in [-0.05, 0) is 18.4 Å². The van der Waals surface area contributed by atoms with Gasteiger partial charge in [0.1, 0.15) is 0 Å². The van der Waals surface area contributed by atoms with Gasteiger partial charge in [0.15, 0.2) is 11.0 Å². The van der Waals surface area contributed by atoms with Gasteiger partial charge < -0.3 is 9.88 Å². The molecule has 1 aromatic heterocycles. The van der Waals surface area contributed by atoms with Gasteiger partial charge in [-0.2, -0.15) is 0 Å². The van der Waals surface area contributed by atoms with Gasteiger partial charge in [-0.15, -0.1) is 10.2 Å². The lowest BCUT2D eigenvalue weighted by atomic mass is 9.64. The zero-order chi connectivity index (χ0) is 19.4. The fourth-order valence-corrected chi connectivity index (χ4v) is 4.43. The molecule has 0 saturated heterocycles. The van der Waals surface area contributed by atoms with Crippen molar-refractivity contribution in [2.45, 2.75) is 29.8 Å². The summed E-state index contributed by atoms with van der Waals surface area (Å²) in [7, 11) is 1.93. The van der Waals surface area contributed by atoms with E-state index in [0.717, 1.165) is 29.4 Å². The number of carbonyl (C=O) groups excluding carboxylic acids is 1. The molecule has 2 aromatic carbocycles. The predicted octanol–water partition coefficient (Wildman–Crippen LogP) is 3.81. The van der Waals surface area contributed by atoms with Crippen LogP contribution in [-0.2, 0) is 17.3 Å². The highest BCUT2D eigenvalue weighted by Gasteiger charge is 2.38. The summed E-state index contributed by atoms with van der Waals surface area (Å²) in [4.78, 5) is 12.4. The number of hydrogen-bond donors (Lipinski definition) is 1. The Kier molecular flexibility index (Phi) is 5.48. The van der Waals surface area contributed by atoms with E-state index < -0.39 is 0 Å². The summed E-state index contributed by atoms with van der Waals surface area (Å²) in [6, 6.07) is 20.5. The number of nitrogens with zero attached hydrogens (tertiary/aromatic N) is 3. The monoisotopic (exact) mass is 392 g/mol. The van der Waals surface area contributed by atoms with Crippen LogP contribution in [0.1, 0.15) is 24.8 Å². The molecular weight excluding hydrogens is 368 g/mol. The van der Waals surface area contributed by atoms with E-state index >= 15 is 0 Å². The van der Waals surface area contributed by atoms with E-state index in [0.29, 0.717) is 12.3 Å². The minimum atomic E-state index is 0.0384. The van der Waals surface area contributed by atoms with Crippen LogP contribution in [0.15, 0.2) is 65.8 Å². The van der Waals surface area contributed by atoms with Crippen LogP contribution in [-0.4, -0.2) is 33.0 Å². The van der Waals surface area contributed by atoms with Crippen molar-refractivity contribution in [2.75, 3.05) is 12.3 Å². The second kappa shape index (κ2) is 8.19. The molecule has 0 aliphatic heterocycles. The third-order valence-corrected chi connectivity index (χ3v) is 6.54. The number of aromatic nitrogens is 3. The molecule has 0 bridgehead atoms. The molecule has 5 nitrogen and oxygen atoms in total. The van der Waals surface area contributed by atoms with Crippen molar-refractivity contribution in [3.8, 4) is 11.4 Å². The van der Waals surface area contributed by atoms with Gasteiger partial charge in [-0.3, -0.25) is 4.79 Å². The van der Waals surface area contributed by atoms with Gasteiger partial charge in [0.2, 0.25) is 5.91 Å². The van der Waals surface area contributed by atoms with Crippen LogP contribution in [0.4, 0.5) is 0 Å². The molecule has 0 unspecified atom stereocenters. The molecule has 1 aliphatic rings. The molecule has 1 heterocycles. The minimum absolute atomic E-state index is 0.0384. The van der Waals surface area contributed by atoms with Crippen LogP contribution < -0.4 is 5.32 Å². The molecule has 4 rings (SSSR count). The highest BCUT2D eigenvalue weighted by atomic mass is 32.2. The van der Waals surface area contributed by atoms with E-state index in [1.807, 2.05) is 48.0 Å². The average Bonchev–Trinajstić information content (AvgIpc) is 3.07. The van der Waals surface area contributed by atoms with E-state index in [-0.39, 0.29) is 11.3 Å².